The van der Waals surface area contributed by atoms with Crippen LogP contribution in [0.3, 0.4) is 0 Å². The first-order chi connectivity index (χ1) is 15.1. The molecule has 4 rings (SSSR count). The second-order valence-electron chi connectivity index (χ2n) is 9.52. The van der Waals surface area contributed by atoms with Crippen molar-refractivity contribution in [3.63, 3.8) is 0 Å². The Morgan fingerprint density at radius 1 is 1.38 bits per heavy atom. The second kappa shape index (κ2) is 8.25. The average molecular weight is 461 g/mol. The van der Waals surface area contributed by atoms with E-state index in [2.05, 4.69) is 11.4 Å². The van der Waals surface area contributed by atoms with Gasteiger partial charge in [0.1, 0.15) is 12.0 Å². The minimum atomic E-state index is -2.97. The number of methoxy groups -OCH3 is 1. The summed E-state index contributed by atoms with van der Waals surface area (Å²) in [6, 6.07) is 6.51. The van der Waals surface area contributed by atoms with Crippen molar-refractivity contribution in [3.8, 4) is 17.3 Å². The van der Waals surface area contributed by atoms with Gasteiger partial charge in [-0.3, -0.25) is 10.00 Å². The number of nitrogens with zero attached hydrogens (tertiary/aromatic N) is 3. The highest BCUT2D eigenvalue weighted by atomic mass is 32.2. The summed E-state index contributed by atoms with van der Waals surface area (Å²) in [5.74, 6) is -0.0382. The molecule has 2 unspecified atom stereocenters. The molecular weight excluding hydrogens is 431 g/mol. The van der Waals surface area contributed by atoms with E-state index in [0.29, 0.717) is 29.7 Å². The molecule has 1 aliphatic carbocycles. The zero-order valence-corrected chi connectivity index (χ0v) is 19.7. The van der Waals surface area contributed by atoms with Crippen LogP contribution in [0.25, 0.3) is 11.3 Å². The summed E-state index contributed by atoms with van der Waals surface area (Å²) in [6.45, 7) is 5.99. The Balaban J connectivity index is 1.65. The van der Waals surface area contributed by atoms with Gasteiger partial charge < -0.3 is 4.74 Å². The van der Waals surface area contributed by atoms with E-state index in [1.54, 1.807) is 13.2 Å². The Kier molecular flexibility index (Phi) is 5.90. The van der Waals surface area contributed by atoms with Crippen LogP contribution in [0.2, 0.25) is 0 Å². The van der Waals surface area contributed by atoms with Crippen molar-refractivity contribution in [2.75, 3.05) is 18.6 Å². The minimum absolute atomic E-state index is 0.0849. The fourth-order valence-electron chi connectivity index (χ4n) is 5.07. The van der Waals surface area contributed by atoms with Crippen LogP contribution in [0, 0.1) is 23.1 Å². The number of sulfone groups is 1. The van der Waals surface area contributed by atoms with Crippen molar-refractivity contribution < 1.29 is 17.5 Å². The van der Waals surface area contributed by atoms with Crippen LogP contribution in [0.15, 0.2) is 18.2 Å². The highest BCUT2D eigenvalue weighted by Crippen LogP contribution is 2.38. The van der Waals surface area contributed by atoms with Gasteiger partial charge in [-0.1, -0.05) is 0 Å². The lowest BCUT2D eigenvalue weighted by atomic mass is 9.83. The number of fused-ring (bicyclic) bond motifs is 1. The summed E-state index contributed by atoms with van der Waals surface area (Å²) in [5, 5.41) is 17.4. The molecular formula is C23H29FN4O3S. The number of nitriles is 1. The third kappa shape index (κ3) is 4.19. The molecule has 172 valence electrons. The summed E-state index contributed by atoms with van der Waals surface area (Å²) in [4.78, 5) is 0. The number of aromatic nitrogens is 2. The van der Waals surface area contributed by atoms with Gasteiger partial charge >= 0.3 is 0 Å². The molecule has 0 bridgehead atoms. The Labute approximate surface area is 188 Å². The number of rotatable bonds is 6. The number of benzene rings is 1. The number of nitrogens with one attached hydrogen (secondary N) is 1. The van der Waals surface area contributed by atoms with Crippen LogP contribution < -0.4 is 5.32 Å². The van der Waals surface area contributed by atoms with Crippen molar-refractivity contribution in [2.45, 2.75) is 57.8 Å². The number of hydrogen-bond donors (Lipinski definition) is 1. The van der Waals surface area contributed by atoms with Crippen LogP contribution in [-0.2, 0) is 27.4 Å². The van der Waals surface area contributed by atoms with Crippen LogP contribution in [0.1, 0.15) is 50.1 Å². The minimum Gasteiger partial charge on any atom is -0.366 e. The molecule has 7 nitrogen and oxygen atoms in total. The molecule has 2 heterocycles. The lowest BCUT2D eigenvalue weighted by Crippen LogP contribution is -2.65. The molecule has 0 radical (unpaired) electrons. The first-order valence-corrected chi connectivity index (χ1v) is 12.7. The lowest BCUT2D eigenvalue weighted by molar-refractivity contribution is 0.000276. The van der Waals surface area contributed by atoms with E-state index in [1.165, 1.54) is 12.1 Å². The third-order valence-corrected chi connectivity index (χ3v) is 8.58. The van der Waals surface area contributed by atoms with Crippen LogP contribution in [-0.4, -0.2) is 48.6 Å². The number of halogens is 1. The molecule has 0 amide bonds. The van der Waals surface area contributed by atoms with Gasteiger partial charge in [-0.25, -0.2) is 12.8 Å². The SMILES string of the molecule is COC(NC1(C)CS(=O)(=O)C1)C1CCc2c(-c3cc(C#N)ccc3F)nn(C(C)C)c2C1. The van der Waals surface area contributed by atoms with E-state index in [9.17, 15) is 18.1 Å². The molecule has 1 aromatic heterocycles. The van der Waals surface area contributed by atoms with Gasteiger partial charge in [0.15, 0.2) is 9.84 Å². The quantitative estimate of drug-likeness (QED) is 0.666. The van der Waals surface area contributed by atoms with E-state index in [0.717, 1.165) is 17.7 Å². The van der Waals surface area contributed by atoms with Gasteiger partial charge in [-0.15, -0.1) is 0 Å². The molecule has 2 aromatic rings. The molecule has 9 heteroatoms. The summed E-state index contributed by atoms with van der Waals surface area (Å²) < 4.78 is 45.8. The standard InChI is InChI=1S/C23H29FN4O3S/c1-14(2)28-20-10-16(22(31-4)26-23(3)12-32(29,30)13-23)6-7-17(20)21(27-28)18-9-15(11-25)5-8-19(18)24/h5,8-9,14,16,22,26H,6-7,10,12-13H2,1-4H3. The van der Waals surface area contributed by atoms with E-state index in [-0.39, 0.29) is 29.7 Å². The molecule has 1 N–H and O–H groups in total. The Morgan fingerprint density at radius 2 is 2.09 bits per heavy atom. The highest BCUT2D eigenvalue weighted by molar-refractivity contribution is 7.93. The summed E-state index contributed by atoms with van der Waals surface area (Å²) in [5.41, 5.74) is 2.92. The van der Waals surface area contributed by atoms with E-state index < -0.39 is 21.2 Å². The van der Waals surface area contributed by atoms with Crippen LogP contribution in [0.4, 0.5) is 4.39 Å². The van der Waals surface area contributed by atoms with E-state index in [1.807, 2.05) is 25.5 Å². The van der Waals surface area contributed by atoms with Gasteiger partial charge in [0, 0.05) is 41.4 Å². The van der Waals surface area contributed by atoms with Gasteiger partial charge in [0.25, 0.3) is 0 Å². The predicted molar refractivity (Wildman–Crippen MR) is 119 cm³/mol. The van der Waals surface area contributed by atoms with Gasteiger partial charge in [0.05, 0.1) is 28.8 Å². The van der Waals surface area contributed by atoms with Gasteiger partial charge in [0.2, 0.25) is 0 Å². The zero-order chi connectivity index (χ0) is 23.3. The highest BCUT2D eigenvalue weighted by Gasteiger charge is 2.47. The molecule has 1 fully saturated rings. The fraction of sp³-hybridized carbons (Fsp3) is 0.565. The monoisotopic (exact) mass is 460 g/mol. The first-order valence-electron chi connectivity index (χ1n) is 10.9. The largest absolute Gasteiger partial charge is 0.366 e. The maximum absolute atomic E-state index is 14.7. The Hall–Kier alpha value is -2.28. The summed E-state index contributed by atoms with van der Waals surface area (Å²) in [6.07, 6.45) is 1.90. The lowest BCUT2D eigenvalue weighted by Gasteiger charge is -2.43. The maximum Gasteiger partial charge on any atom is 0.153 e. The van der Waals surface area contributed by atoms with Crippen molar-refractivity contribution in [1.82, 2.24) is 15.1 Å². The Morgan fingerprint density at radius 3 is 2.69 bits per heavy atom. The number of ether oxygens (including phenoxy) is 1. The van der Waals surface area contributed by atoms with Crippen molar-refractivity contribution in [3.05, 3.63) is 40.8 Å². The van der Waals surface area contributed by atoms with E-state index in [4.69, 9.17) is 9.84 Å². The predicted octanol–water partition coefficient (Wildman–Crippen LogP) is 3.00. The molecule has 32 heavy (non-hydrogen) atoms. The summed E-state index contributed by atoms with van der Waals surface area (Å²) in [7, 11) is -1.33. The van der Waals surface area contributed by atoms with Gasteiger partial charge in [-0.2, -0.15) is 10.4 Å². The Bertz CT molecular complexity index is 1170. The smallest absolute Gasteiger partial charge is 0.153 e. The summed E-state index contributed by atoms with van der Waals surface area (Å²) >= 11 is 0. The second-order valence-corrected chi connectivity index (χ2v) is 11.6. The molecule has 1 saturated heterocycles. The first kappa shape index (κ1) is 22.9. The molecule has 0 saturated carbocycles. The fourth-order valence-corrected chi connectivity index (χ4v) is 7.09. The molecule has 1 aliphatic heterocycles. The zero-order valence-electron chi connectivity index (χ0n) is 18.9. The third-order valence-electron chi connectivity index (χ3n) is 6.43. The topological polar surface area (TPSA) is 97.0 Å². The van der Waals surface area contributed by atoms with Crippen LogP contribution in [0.5, 0.6) is 0 Å². The maximum atomic E-state index is 14.7. The van der Waals surface area contributed by atoms with Crippen LogP contribution >= 0.6 is 0 Å². The van der Waals surface area contributed by atoms with Gasteiger partial charge in [-0.05, 0) is 58.2 Å². The average Bonchev–Trinajstić information content (AvgIpc) is 3.10. The molecule has 0 spiro atoms. The van der Waals surface area contributed by atoms with Crippen molar-refractivity contribution >= 4 is 9.84 Å². The normalized spacial score (nSPS) is 22.1. The van der Waals surface area contributed by atoms with Crippen molar-refractivity contribution in [1.29, 1.82) is 5.26 Å². The molecule has 1 aromatic carbocycles. The molecule has 2 aliphatic rings. The number of hydrogen-bond acceptors (Lipinski definition) is 6. The van der Waals surface area contributed by atoms with Crippen molar-refractivity contribution in [2.24, 2.45) is 5.92 Å². The molecule has 2 atom stereocenters. The van der Waals surface area contributed by atoms with E-state index >= 15 is 0 Å².